The summed E-state index contributed by atoms with van der Waals surface area (Å²) >= 11 is 3.57. The second-order valence-electron chi connectivity index (χ2n) is 3.88. The van der Waals surface area contributed by atoms with Gasteiger partial charge >= 0.3 is 0 Å². The van der Waals surface area contributed by atoms with E-state index in [1.807, 2.05) is 6.07 Å². The highest BCUT2D eigenvalue weighted by atomic mass is 32.2. The van der Waals surface area contributed by atoms with Crippen LogP contribution in [0.4, 0.5) is 0 Å². The van der Waals surface area contributed by atoms with Crippen LogP contribution >= 0.6 is 23.1 Å². The molecule has 0 amide bonds. The highest BCUT2D eigenvalue weighted by molar-refractivity contribution is 8.01. The molecule has 0 N–H and O–H groups in total. The van der Waals surface area contributed by atoms with E-state index in [-0.39, 0.29) is 0 Å². The predicted molar refractivity (Wildman–Crippen MR) is 83.5 cm³/mol. The fourth-order valence-electron chi connectivity index (χ4n) is 1.65. The molecule has 0 saturated heterocycles. The summed E-state index contributed by atoms with van der Waals surface area (Å²) in [6, 6.07) is 8.30. The average molecular weight is 275 g/mol. The van der Waals surface area contributed by atoms with Gasteiger partial charge in [-0.25, -0.2) is 4.98 Å². The van der Waals surface area contributed by atoms with Crippen molar-refractivity contribution in [1.29, 1.82) is 0 Å². The summed E-state index contributed by atoms with van der Waals surface area (Å²) in [6.45, 7) is 4.27. The lowest BCUT2D eigenvalue weighted by atomic mass is 10.2. The van der Waals surface area contributed by atoms with E-state index < -0.39 is 0 Å². The first-order chi connectivity index (χ1) is 8.83. The molecular weight excluding hydrogens is 258 g/mol. The van der Waals surface area contributed by atoms with Crippen LogP contribution in [0.15, 0.2) is 52.4 Å². The zero-order valence-corrected chi connectivity index (χ0v) is 12.4. The summed E-state index contributed by atoms with van der Waals surface area (Å²) in [5, 5.41) is 0. The van der Waals surface area contributed by atoms with Crippen LogP contribution in [0.25, 0.3) is 10.2 Å². The molecule has 0 aliphatic carbocycles. The van der Waals surface area contributed by atoms with Crippen molar-refractivity contribution in [2.75, 3.05) is 5.75 Å². The van der Waals surface area contributed by atoms with Gasteiger partial charge in [0.2, 0.25) is 0 Å². The van der Waals surface area contributed by atoms with Gasteiger partial charge in [-0.15, -0.1) is 11.3 Å². The van der Waals surface area contributed by atoms with E-state index in [9.17, 15) is 0 Å². The largest absolute Gasteiger partial charge is 0.230 e. The van der Waals surface area contributed by atoms with Gasteiger partial charge in [0, 0.05) is 5.75 Å². The Morgan fingerprint density at radius 1 is 1.39 bits per heavy atom. The maximum atomic E-state index is 4.60. The molecule has 0 spiro atoms. The van der Waals surface area contributed by atoms with Crippen LogP contribution in [-0.2, 0) is 0 Å². The molecule has 0 aliphatic rings. The second kappa shape index (κ2) is 6.76. The minimum atomic E-state index is 0.983. The Balaban J connectivity index is 1.94. The number of fused-ring (bicyclic) bond motifs is 1. The minimum Gasteiger partial charge on any atom is -0.230 e. The van der Waals surface area contributed by atoms with Gasteiger partial charge in [-0.05, 0) is 25.5 Å². The summed E-state index contributed by atoms with van der Waals surface area (Å²) in [5.41, 5.74) is 2.50. The van der Waals surface area contributed by atoms with Crippen molar-refractivity contribution in [3.05, 3.63) is 48.1 Å². The monoisotopic (exact) mass is 275 g/mol. The van der Waals surface area contributed by atoms with E-state index in [4.69, 9.17) is 0 Å². The zero-order chi connectivity index (χ0) is 12.8. The van der Waals surface area contributed by atoms with Crippen LogP contribution in [0.1, 0.15) is 20.3 Å². The fourth-order valence-corrected chi connectivity index (χ4v) is 3.55. The normalized spacial score (nSPS) is 12.7. The van der Waals surface area contributed by atoms with Crippen molar-refractivity contribution < 1.29 is 0 Å². The Morgan fingerprint density at radius 3 is 2.94 bits per heavy atom. The standard InChI is InChI=1S/C15H17NS2/c1-3-12(4-2)8-7-11-17-15-16-13-9-5-6-10-14(13)18-15/h3,5-10H,4,11H2,1-2H3. The lowest BCUT2D eigenvalue weighted by molar-refractivity contribution is 1.14. The number of rotatable bonds is 5. The third kappa shape index (κ3) is 3.47. The van der Waals surface area contributed by atoms with Crippen molar-refractivity contribution in [1.82, 2.24) is 4.98 Å². The quantitative estimate of drug-likeness (QED) is 0.542. The van der Waals surface area contributed by atoms with Gasteiger partial charge in [0.05, 0.1) is 10.2 Å². The van der Waals surface area contributed by atoms with Crippen LogP contribution in [0.3, 0.4) is 0 Å². The molecule has 2 rings (SSSR count). The smallest absolute Gasteiger partial charge is 0.151 e. The van der Waals surface area contributed by atoms with E-state index in [0.717, 1.165) is 22.0 Å². The molecule has 0 aliphatic heterocycles. The first-order valence-electron chi connectivity index (χ1n) is 6.13. The molecule has 0 fully saturated rings. The van der Waals surface area contributed by atoms with Crippen LogP contribution in [0, 0.1) is 0 Å². The molecule has 1 heterocycles. The van der Waals surface area contributed by atoms with Gasteiger partial charge in [0.1, 0.15) is 0 Å². The molecule has 0 saturated carbocycles. The van der Waals surface area contributed by atoms with E-state index in [1.165, 1.54) is 10.3 Å². The zero-order valence-electron chi connectivity index (χ0n) is 10.7. The number of thioether (sulfide) groups is 1. The molecule has 94 valence electrons. The van der Waals surface area contributed by atoms with Gasteiger partial charge < -0.3 is 0 Å². The third-order valence-corrected chi connectivity index (χ3v) is 4.82. The topological polar surface area (TPSA) is 12.9 Å². The molecule has 0 atom stereocenters. The van der Waals surface area contributed by atoms with E-state index in [0.29, 0.717) is 0 Å². The molecule has 1 aromatic carbocycles. The van der Waals surface area contributed by atoms with E-state index in [1.54, 1.807) is 23.1 Å². The number of allylic oxidation sites excluding steroid dienone is 3. The van der Waals surface area contributed by atoms with E-state index >= 15 is 0 Å². The van der Waals surface area contributed by atoms with Crippen molar-refractivity contribution in [3.63, 3.8) is 0 Å². The second-order valence-corrected chi connectivity index (χ2v) is 6.18. The van der Waals surface area contributed by atoms with Crippen molar-refractivity contribution >= 4 is 33.3 Å². The summed E-state index contributed by atoms with van der Waals surface area (Å²) in [7, 11) is 0. The highest BCUT2D eigenvalue weighted by Gasteiger charge is 2.01. The van der Waals surface area contributed by atoms with Gasteiger partial charge in [-0.2, -0.15) is 0 Å². The highest BCUT2D eigenvalue weighted by Crippen LogP contribution is 2.29. The molecule has 0 bridgehead atoms. The SMILES string of the molecule is CC=C(C=CCSc1nc2ccccc2s1)CC. The van der Waals surface area contributed by atoms with Crippen LogP contribution < -0.4 is 0 Å². The lowest BCUT2D eigenvalue weighted by Gasteiger charge is -1.94. The number of para-hydroxylation sites is 1. The molecule has 0 unspecified atom stereocenters. The molecule has 0 radical (unpaired) electrons. The van der Waals surface area contributed by atoms with E-state index in [2.05, 4.69) is 55.3 Å². The number of thiazole rings is 1. The number of nitrogens with zero attached hydrogens (tertiary/aromatic N) is 1. The lowest BCUT2D eigenvalue weighted by Crippen LogP contribution is -1.75. The number of benzene rings is 1. The first kappa shape index (κ1) is 13.4. The van der Waals surface area contributed by atoms with Gasteiger partial charge in [-0.1, -0.05) is 54.6 Å². The van der Waals surface area contributed by atoms with Crippen molar-refractivity contribution in [2.45, 2.75) is 24.6 Å². The summed E-state index contributed by atoms with van der Waals surface area (Å²) in [6.07, 6.45) is 7.69. The predicted octanol–water partition coefficient (Wildman–Crippen LogP) is 5.30. The van der Waals surface area contributed by atoms with Crippen LogP contribution in [0.5, 0.6) is 0 Å². The van der Waals surface area contributed by atoms with Crippen LogP contribution in [-0.4, -0.2) is 10.7 Å². The van der Waals surface area contributed by atoms with Gasteiger partial charge in [0.15, 0.2) is 4.34 Å². The van der Waals surface area contributed by atoms with Gasteiger partial charge in [0.25, 0.3) is 0 Å². The molecule has 1 aromatic heterocycles. The van der Waals surface area contributed by atoms with Crippen molar-refractivity contribution in [2.24, 2.45) is 0 Å². The summed E-state index contributed by atoms with van der Waals surface area (Å²) in [4.78, 5) is 4.60. The number of hydrogen-bond donors (Lipinski definition) is 0. The third-order valence-electron chi connectivity index (χ3n) is 2.69. The molecule has 3 heteroatoms. The molecule has 18 heavy (non-hydrogen) atoms. The number of hydrogen-bond acceptors (Lipinski definition) is 3. The molecule has 1 nitrogen and oxygen atoms in total. The van der Waals surface area contributed by atoms with Gasteiger partial charge in [-0.3, -0.25) is 0 Å². The van der Waals surface area contributed by atoms with Crippen molar-refractivity contribution in [3.8, 4) is 0 Å². The Morgan fingerprint density at radius 2 is 2.22 bits per heavy atom. The summed E-state index contributed by atoms with van der Waals surface area (Å²) < 4.78 is 2.42. The Labute approximate surface area is 117 Å². The number of aromatic nitrogens is 1. The fraction of sp³-hybridized carbons (Fsp3) is 0.267. The Kier molecular flexibility index (Phi) is 5.02. The van der Waals surface area contributed by atoms with Crippen LogP contribution in [0.2, 0.25) is 0 Å². The Hall–Kier alpha value is -1.06. The average Bonchev–Trinajstić information content (AvgIpc) is 2.81. The summed E-state index contributed by atoms with van der Waals surface area (Å²) in [5.74, 6) is 0.983. The molecule has 2 aromatic rings. The Bertz CT molecular complexity index is 534. The maximum Gasteiger partial charge on any atom is 0.151 e. The first-order valence-corrected chi connectivity index (χ1v) is 7.93. The minimum absolute atomic E-state index is 0.983. The molecular formula is C15H17NS2. The maximum absolute atomic E-state index is 4.60.